The molecular formula is C11H10Cl2N4. The van der Waals surface area contributed by atoms with Crippen molar-refractivity contribution >= 4 is 34.8 Å². The van der Waals surface area contributed by atoms with Crippen LogP contribution in [0.1, 0.15) is 11.1 Å². The zero-order valence-corrected chi connectivity index (χ0v) is 10.8. The molecule has 2 rings (SSSR count). The van der Waals surface area contributed by atoms with Crippen molar-refractivity contribution in [2.24, 2.45) is 0 Å². The highest BCUT2D eigenvalue weighted by molar-refractivity contribution is 6.31. The first-order valence-corrected chi connectivity index (χ1v) is 5.72. The fraction of sp³-hybridized carbons (Fsp3) is 0.182. The molecule has 1 aromatic carbocycles. The first kappa shape index (κ1) is 12.1. The van der Waals surface area contributed by atoms with Gasteiger partial charge in [0.2, 0.25) is 16.5 Å². The molecule has 0 unspecified atom stereocenters. The molecule has 1 aromatic heterocycles. The second kappa shape index (κ2) is 4.85. The summed E-state index contributed by atoms with van der Waals surface area (Å²) in [5.41, 5.74) is 3.14. The first-order chi connectivity index (χ1) is 8.06. The van der Waals surface area contributed by atoms with E-state index in [4.69, 9.17) is 23.2 Å². The maximum Gasteiger partial charge on any atom is 0.232 e. The fourth-order valence-electron chi connectivity index (χ4n) is 1.51. The van der Waals surface area contributed by atoms with Crippen LogP contribution >= 0.6 is 23.2 Å². The van der Waals surface area contributed by atoms with Crippen molar-refractivity contribution in [2.75, 3.05) is 5.32 Å². The summed E-state index contributed by atoms with van der Waals surface area (Å²) in [7, 11) is 0. The van der Waals surface area contributed by atoms with Crippen molar-refractivity contribution < 1.29 is 0 Å². The Kier molecular flexibility index (Phi) is 3.45. The molecule has 0 bridgehead atoms. The Morgan fingerprint density at radius 1 is 0.941 bits per heavy atom. The number of halogens is 2. The van der Waals surface area contributed by atoms with Gasteiger partial charge in [-0.05, 0) is 48.2 Å². The van der Waals surface area contributed by atoms with Crippen LogP contribution in [-0.4, -0.2) is 15.0 Å². The lowest BCUT2D eigenvalue weighted by atomic mass is 10.1. The van der Waals surface area contributed by atoms with Crippen LogP contribution in [0.3, 0.4) is 0 Å². The number of para-hydroxylation sites is 1. The van der Waals surface area contributed by atoms with Gasteiger partial charge in [-0.3, -0.25) is 0 Å². The predicted octanol–water partition coefficient (Wildman–Crippen LogP) is 3.54. The average Bonchev–Trinajstić information content (AvgIpc) is 2.22. The van der Waals surface area contributed by atoms with Gasteiger partial charge in [0, 0.05) is 5.69 Å². The summed E-state index contributed by atoms with van der Waals surface area (Å²) in [6.07, 6.45) is 0. The quantitative estimate of drug-likeness (QED) is 0.905. The molecule has 17 heavy (non-hydrogen) atoms. The minimum absolute atomic E-state index is 0.0683. The van der Waals surface area contributed by atoms with Gasteiger partial charge in [0.05, 0.1) is 0 Å². The molecule has 88 valence electrons. The van der Waals surface area contributed by atoms with Crippen LogP contribution in [-0.2, 0) is 0 Å². The van der Waals surface area contributed by atoms with Gasteiger partial charge in [-0.1, -0.05) is 18.2 Å². The second-order valence-electron chi connectivity index (χ2n) is 3.59. The summed E-state index contributed by atoms with van der Waals surface area (Å²) in [6, 6.07) is 5.99. The van der Waals surface area contributed by atoms with E-state index >= 15 is 0 Å². The highest BCUT2D eigenvalue weighted by Gasteiger charge is 2.06. The summed E-state index contributed by atoms with van der Waals surface area (Å²) < 4.78 is 0. The van der Waals surface area contributed by atoms with Crippen LogP contribution in [0.4, 0.5) is 11.6 Å². The van der Waals surface area contributed by atoms with Crippen molar-refractivity contribution in [3.05, 3.63) is 39.9 Å². The lowest BCUT2D eigenvalue weighted by Crippen LogP contribution is -2.02. The summed E-state index contributed by atoms with van der Waals surface area (Å²) in [4.78, 5) is 11.6. The Balaban J connectivity index is 2.38. The third-order valence-corrected chi connectivity index (χ3v) is 2.64. The Labute approximate surface area is 109 Å². The van der Waals surface area contributed by atoms with E-state index in [1.165, 1.54) is 0 Å². The molecule has 0 amide bonds. The van der Waals surface area contributed by atoms with E-state index < -0.39 is 0 Å². The molecule has 0 radical (unpaired) electrons. The van der Waals surface area contributed by atoms with Crippen LogP contribution in [0.2, 0.25) is 10.6 Å². The Morgan fingerprint density at radius 2 is 1.47 bits per heavy atom. The molecule has 0 atom stereocenters. The third-order valence-electron chi connectivity index (χ3n) is 2.30. The van der Waals surface area contributed by atoms with E-state index in [0.717, 1.165) is 16.8 Å². The van der Waals surface area contributed by atoms with Crippen LogP contribution in [0.25, 0.3) is 0 Å². The molecule has 6 heteroatoms. The largest absolute Gasteiger partial charge is 0.324 e. The summed E-state index contributed by atoms with van der Waals surface area (Å²) >= 11 is 11.4. The predicted molar refractivity (Wildman–Crippen MR) is 69.0 cm³/mol. The van der Waals surface area contributed by atoms with Crippen molar-refractivity contribution in [1.82, 2.24) is 15.0 Å². The van der Waals surface area contributed by atoms with Gasteiger partial charge in [-0.2, -0.15) is 15.0 Å². The molecule has 0 spiro atoms. The lowest BCUT2D eigenvalue weighted by molar-refractivity contribution is 1.05. The second-order valence-corrected chi connectivity index (χ2v) is 4.27. The molecule has 2 aromatic rings. The van der Waals surface area contributed by atoms with E-state index in [1.54, 1.807) is 0 Å². The highest BCUT2D eigenvalue weighted by atomic mass is 35.5. The number of nitrogens with zero attached hydrogens (tertiary/aromatic N) is 3. The molecule has 0 fully saturated rings. The molecule has 0 aliphatic rings. The van der Waals surface area contributed by atoms with Crippen molar-refractivity contribution in [3.8, 4) is 0 Å². The number of anilines is 2. The normalized spacial score (nSPS) is 10.4. The van der Waals surface area contributed by atoms with Gasteiger partial charge in [0.15, 0.2) is 0 Å². The zero-order chi connectivity index (χ0) is 12.4. The van der Waals surface area contributed by atoms with Crippen LogP contribution in [0.15, 0.2) is 18.2 Å². The van der Waals surface area contributed by atoms with Gasteiger partial charge in [0.1, 0.15) is 0 Å². The van der Waals surface area contributed by atoms with Crippen LogP contribution in [0.5, 0.6) is 0 Å². The summed E-state index contributed by atoms with van der Waals surface area (Å²) in [5.74, 6) is 0.340. The first-order valence-electron chi connectivity index (χ1n) is 4.96. The number of aromatic nitrogens is 3. The Morgan fingerprint density at radius 3 is 2.00 bits per heavy atom. The number of aryl methyl sites for hydroxylation is 2. The topological polar surface area (TPSA) is 50.7 Å². The van der Waals surface area contributed by atoms with E-state index in [0.29, 0.717) is 5.95 Å². The smallest absolute Gasteiger partial charge is 0.232 e. The Bertz CT molecular complexity index is 517. The molecular weight excluding hydrogens is 259 g/mol. The van der Waals surface area contributed by atoms with Crippen LogP contribution < -0.4 is 5.32 Å². The van der Waals surface area contributed by atoms with Gasteiger partial charge in [-0.25, -0.2) is 0 Å². The van der Waals surface area contributed by atoms with Gasteiger partial charge >= 0.3 is 0 Å². The molecule has 1 heterocycles. The zero-order valence-electron chi connectivity index (χ0n) is 9.33. The molecule has 1 N–H and O–H groups in total. The van der Waals surface area contributed by atoms with Gasteiger partial charge < -0.3 is 5.32 Å². The average molecular weight is 269 g/mol. The highest BCUT2D eigenvalue weighted by Crippen LogP contribution is 2.23. The van der Waals surface area contributed by atoms with E-state index in [-0.39, 0.29) is 10.6 Å². The number of rotatable bonds is 2. The summed E-state index contributed by atoms with van der Waals surface area (Å²) in [5, 5.41) is 3.23. The summed E-state index contributed by atoms with van der Waals surface area (Å²) in [6.45, 7) is 4.00. The standard InChI is InChI=1S/C11H10Cl2N4/c1-6-4-3-5-7(2)8(6)14-11-16-9(12)15-10(13)17-11/h3-5H,1-2H3,(H,14,15,16,17). The lowest BCUT2D eigenvalue weighted by Gasteiger charge is -2.10. The fourth-order valence-corrected chi connectivity index (χ4v) is 1.87. The molecule has 0 saturated carbocycles. The minimum Gasteiger partial charge on any atom is -0.324 e. The maximum atomic E-state index is 5.71. The van der Waals surface area contributed by atoms with Gasteiger partial charge in [-0.15, -0.1) is 0 Å². The SMILES string of the molecule is Cc1cccc(C)c1Nc1nc(Cl)nc(Cl)n1. The third kappa shape index (κ3) is 2.84. The molecule has 0 saturated heterocycles. The number of benzene rings is 1. The van der Waals surface area contributed by atoms with E-state index in [2.05, 4.69) is 20.3 Å². The molecule has 0 aliphatic heterocycles. The Hall–Kier alpha value is -1.39. The maximum absolute atomic E-state index is 5.71. The number of hydrogen-bond acceptors (Lipinski definition) is 4. The van der Waals surface area contributed by atoms with Crippen molar-refractivity contribution in [2.45, 2.75) is 13.8 Å². The molecule has 4 nitrogen and oxygen atoms in total. The van der Waals surface area contributed by atoms with Crippen molar-refractivity contribution in [1.29, 1.82) is 0 Å². The van der Waals surface area contributed by atoms with E-state index in [9.17, 15) is 0 Å². The van der Waals surface area contributed by atoms with Crippen LogP contribution in [0, 0.1) is 13.8 Å². The monoisotopic (exact) mass is 268 g/mol. The van der Waals surface area contributed by atoms with Gasteiger partial charge in [0.25, 0.3) is 0 Å². The minimum atomic E-state index is 0.0683. The van der Waals surface area contributed by atoms with Crippen molar-refractivity contribution in [3.63, 3.8) is 0 Å². The van der Waals surface area contributed by atoms with E-state index in [1.807, 2.05) is 32.0 Å². The number of hydrogen-bond donors (Lipinski definition) is 1. The number of nitrogens with one attached hydrogen (secondary N) is 1. The molecule has 0 aliphatic carbocycles.